The normalized spacial score (nSPS) is 17.8. The Bertz CT molecular complexity index is 1100. The fraction of sp³-hybridized carbons (Fsp3) is 0.571. The molecule has 0 radical (unpaired) electrons. The highest BCUT2D eigenvalue weighted by Gasteiger charge is 2.32. The van der Waals surface area contributed by atoms with Gasteiger partial charge in [-0.15, -0.1) is 0 Å². The first-order valence-corrected chi connectivity index (χ1v) is 13.8. The molecule has 10 nitrogen and oxygen atoms in total. The van der Waals surface area contributed by atoms with Crippen LogP contribution >= 0.6 is 11.6 Å². The van der Waals surface area contributed by atoms with Crippen molar-refractivity contribution in [3.63, 3.8) is 0 Å². The summed E-state index contributed by atoms with van der Waals surface area (Å²) in [6, 6.07) is 10.6. The Kier molecular flexibility index (Phi) is 12.2. The van der Waals surface area contributed by atoms with E-state index in [1.54, 1.807) is 6.07 Å². The highest BCUT2D eigenvalue weighted by Crippen LogP contribution is 2.31. The molecule has 3 heterocycles. The third kappa shape index (κ3) is 10.3. The number of nitrogen functional groups attached to an aromatic ring is 1. The first-order chi connectivity index (χ1) is 18.8. The summed E-state index contributed by atoms with van der Waals surface area (Å²) in [5.41, 5.74) is 6.76. The zero-order chi connectivity index (χ0) is 28.1. The molecule has 0 aromatic carbocycles. The summed E-state index contributed by atoms with van der Waals surface area (Å²) in [7, 11) is 0. The number of pyridine rings is 2. The molecule has 1 aliphatic heterocycles. The van der Waals surface area contributed by atoms with Crippen LogP contribution in [0, 0.1) is 16.7 Å². The Morgan fingerprint density at radius 2 is 2.08 bits per heavy atom. The molecule has 0 amide bonds. The van der Waals surface area contributed by atoms with E-state index in [1.165, 1.54) is 38.3 Å². The third-order valence-electron chi connectivity index (χ3n) is 6.92. The quantitative estimate of drug-likeness (QED) is 0.327. The molecule has 1 aliphatic carbocycles. The standard InChI is InChI=1S/C17H18ClN5O.C11H21NO3/c18-13-9-21-15(20)8-12(13)14-2-1-3-16(23-14)22-11-17(10-19)4-6-24-7-5-17;1-9(7-15-8-11(13)14)12-10-5-3-2-4-6-10/h1-3,8-9H,4-7,11H2,(H2,20,21)(H,22,23);9-10,12H,2-8H2,1H3,(H,13,14)/t;9-/m.1/s1. The number of aromatic nitrogens is 2. The van der Waals surface area contributed by atoms with Crippen molar-refractivity contribution in [2.24, 2.45) is 5.41 Å². The number of carbonyl (C=O) groups is 1. The van der Waals surface area contributed by atoms with Crippen molar-refractivity contribution < 1.29 is 19.4 Å². The first-order valence-electron chi connectivity index (χ1n) is 13.5. The van der Waals surface area contributed by atoms with Gasteiger partial charge < -0.3 is 30.9 Å². The summed E-state index contributed by atoms with van der Waals surface area (Å²) in [6.07, 6.45) is 9.40. The molecule has 2 fully saturated rings. The maximum Gasteiger partial charge on any atom is 0.329 e. The molecule has 1 saturated carbocycles. The molecular weight excluding hydrogens is 520 g/mol. The molecule has 2 aromatic rings. The molecule has 0 bridgehead atoms. The summed E-state index contributed by atoms with van der Waals surface area (Å²) < 4.78 is 10.4. The van der Waals surface area contributed by atoms with Crippen molar-refractivity contribution in [3.05, 3.63) is 35.5 Å². The van der Waals surface area contributed by atoms with E-state index >= 15 is 0 Å². The van der Waals surface area contributed by atoms with E-state index in [0.29, 0.717) is 54.8 Å². The van der Waals surface area contributed by atoms with Crippen molar-refractivity contribution >= 4 is 29.2 Å². The van der Waals surface area contributed by atoms with Gasteiger partial charge in [-0.05, 0) is 50.8 Å². The van der Waals surface area contributed by atoms with Crippen LogP contribution in [0.2, 0.25) is 5.02 Å². The number of rotatable bonds is 10. The van der Waals surface area contributed by atoms with Gasteiger partial charge in [0.1, 0.15) is 18.2 Å². The number of nitriles is 1. The van der Waals surface area contributed by atoms with E-state index in [1.807, 2.05) is 25.1 Å². The summed E-state index contributed by atoms with van der Waals surface area (Å²) in [4.78, 5) is 18.8. The van der Waals surface area contributed by atoms with Gasteiger partial charge in [-0.3, -0.25) is 0 Å². The lowest BCUT2D eigenvalue weighted by atomic mass is 9.82. The lowest BCUT2D eigenvalue weighted by Gasteiger charge is -2.30. The van der Waals surface area contributed by atoms with Crippen LogP contribution in [-0.4, -0.2) is 66.1 Å². The van der Waals surface area contributed by atoms with Crippen molar-refractivity contribution in [2.75, 3.05) is 44.0 Å². The van der Waals surface area contributed by atoms with Gasteiger partial charge in [0, 0.05) is 43.6 Å². The molecule has 4 rings (SSSR count). The Morgan fingerprint density at radius 3 is 2.77 bits per heavy atom. The van der Waals surface area contributed by atoms with Gasteiger partial charge in [0.05, 0.1) is 28.8 Å². The van der Waals surface area contributed by atoms with E-state index in [9.17, 15) is 10.1 Å². The number of hydrogen-bond donors (Lipinski definition) is 4. The molecule has 0 spiro atoms. The van der Waals surface area contributed by atoms with Crippen LogP contribution in [0.1, 0.15) is 51.9 Å². The van der Waals surface area contributed by atoms with Crippen molar-refractivity contribution in [2.45, 2.75) is 64.0 Å². The topological polar surface area (TPSA) is 155 Å². The second-order valence-electron chi connectivity index (χ2n) is 10.2. The third-order valence-corrected chi connectivity index (χ3v) is 7.22. The van der Waals surface area contributed by atoms with Crippen LogP contribution in [0.15, 0.2) is 30.5 Å². The fourth-order valence-corrected chi connectivity index (χ4v) is 4.93. The maximum absolute atomic E-state index is 10.2. The van der Waals surface area contributed by atoms with Gasteiger partial charge in [0.25, 0.3) is 0 Å². The van der Waals surface area contributed by atoms with E-state index in [-0.39, 0.29) is 12.6 Å². The average molecular weight is 559 g/mol. The molecule has 0 unspecified atom stereocenters. The minimum Gasteiger partial charge on any atom is -0.480 e. The van der Waals surface area contributed by atoms with Gasteiger partial charge in [-0.2, -0.15) is 5.26 Å². The number of carboxylic acid groups (broad SMARTS) is 1. The highest BCUT2D eigenvalue weighted by molar-refractivity contribution is 6.33. The summed E-state index contributed by atoms with van der Waals surface area (Å²) in [6.45, 7) is 4.09. The second kappa shape index (κ2) is 15.6. The zero-order valence-electron chi connectivity index (χ0n) is 22.5. The number of nitrogens with zero attached hydrogens (tertiary/aromatic N) is 3. The van der Waals surface area contributed by atoms with Crippen molar-refractivity contribution in [1.82, 2.24) is 15.3 Å². The molecule has 2 aromatic heterocycles. The molecule has 5 N–H and O–H groups in total. The predicted octanol–water partition coefficient (Wildman–Crippen LogP) is 4.51. The van der Waals surface area contributed by atoms with Gasteiger partial charge in [-0.25, -0.2) is 14.8 Å². The predicted molar refractivity (Wildman–Crippen MR) is 151 cm³/mol. The van der Waals surface area contributed by atoms with E-state index in [0.717, 1.165) is 18.4 Å². The minimum atomic E-state index is -0.903. The molecule has 11 heteroatoms. The summed E-state index contributed by atoms with van der Waals surface area (Å²) in [5.74, 6) is 0.181. The molecule has 1 saturated heterocycles. The largest absolute Gasteiger partial charge is 0.480 e. The number of nitrogens with one attached hydrogen (secondary N) is 2. The van der Waals surface area contributed by atoms with Crippen LogP contribution in [-0.2, 0) is 14.3 Å². The van der Waals surface area contributed by atoms with Gasteiger partial charge in [0.2, 0.25) is 0 Å². The van der Waals surface area contributed by atoms with Gasteiger partial charge >= 0.3 is 5.97 Å². The lowest BCUT2D eigenvalue weighted by molar-refractivity contribution is -0.142. The Hall–Kier alpha value is -2.97. The molecule has 39 heavy (non-hydrogen) atoms. The Balaban J connectivity index is 0.000000242. The monoisotopic (exact) mass is 558 g/mol. The Morgan fingerprint density at radius 1 is 1.33 bits per heavy atom. The average Bonchev–Trinajstić information content (AvgIpc) is 2.94. The van der Waals surface area contributed by atoms with Crippen molar-refractivity contribution in [1.29, 1.82) is 5.26 Å². The van der Waals surface area contributed by atoms with Gasteiger partial charge in [-0.1, -0.05) is 36.9 Å². The first kappa shape index (κ1) is 30.6. The number of anilines is 2. The number of ether oxygens (including phenoxy) is 2. The van der Waals surface area contributed by atoms with Crippen LogP contribution in [0.5, 0.6) is 0 Å². The molecule has 1 atom stereocenters. The van der Waals surface area contributed by atoms with Crippen molar-refractivity contribution in [3.8, 4) is 17.3 Å². The lowest BCUT2D eigenvalue weighted by Crippen LogP contribution is -2.40. The number of nitrogens with two attached hydrogens (primary N) is 1. The van der Waals surface area contributed by atoms with Crippen LogP contribution in [0.4, 0.5) is 11.6 Å². The van der Waals surface area contributed by atoms with Crippen LogP contribution in [0.3, 0.4) is 0 Å². The molecule has 212 valence electrons. The number of hydrogen-bond acceptors (Lipinski definition) is 9. The van der Waals surface area contributed by atoms with Crippen LogP contribution in [0.25, 0.3) is 11.3 Å². The molecular formula is C28H39ClN6O4. The van der Waals surface area contributed by atoms with Crippen LogP contribution < -0.4 is 16.4 Å². The number of carboxylic acids is 1. The van der Waals surface area contributed by atoms with E-state index in [4.69, 9.17) is 31.9 Å². The Labute approximate surface area is 235 Å². The van der Waals surface area contributed by atoms with E-state index in [2.05, 4.69) is 26.7 Å². The minimum absolute atomic E-state index is 0.198. The summed E-state index contributed by atoms with van der Waals surface area (Å²) >= 11 is 6.19. The number of aliphatic carboxylic acids is 1. The smallest absolute Gasteiger partial charge is 0.329 e. The fourth-order valence-electron chi connectivity index (χ4n) is 4.73. The zero-order valence-corrected chi connectivity index (χ0v) is 23.3. The molecule has 2 aliphatic rings. The second-order valence-corrected chi connectivity index (χ2v) is 10.6. The highest BCUT2D eigenvalue weighted by atomic mass is 35.5. The maximum atomic E-state index is 10.2. The van der Waals surface area contributed by atoms with E-state index < -0.39 is 11.4 Å². The van der Waals surface area contributed by atoms with Gasteiger partial charge in [0.15, 0.2) is 0 Å². The summed E-state index contributed by atoms with van der Waals surface area (Å²) in [5, 5.41) is 25.2. The number of halogens is 1. The SMILES string of the molecule is C[C@H](COCC(=O)O)NC1CCCCC1.N#CC1(CNc2cccc(-c3cc(N)ncc3Cl)n2)CCOCC1.